The van der Waals surface area contributed by atoms with Crippen molar-refractivity contribution in [2.45, 2.75) is 17.7 Å². The first-order chi connectivity index (χ1) is 22.3. The number of allylic oxidation sites excluding steroid dienone is 4. The third kappa shape index (κ3) is 5.68. The first-order valence-electron chi connectivity index (χ1n) is 15.2. The molecule has 5 aromatic carbocycles. The van der Waals surface area contributed by atoms with Crippen molar-refractivity contribution in [3.63, 3.8) is 0 Å². The number of benzene rings is 5. The van der Waals surface area contributed by atoms with Gasteiger partial charge in [0.25, 0.3) is 0 Å². The molecule has 2 heterocycles. The summed E-state index contributed by atoms with van der Waals surface area (Å²) < 4.78 is 0. The quantitative estimate of drug-likeness (QED) is 0.199. The Morgan fingerprint density at radius 3 is 1.67 bits per heavy atom. The van der Waals surface area contributed by atoms with Gasteiger partial charge in [-0.2, -0.15) is 0 Å². The Bertz CT molecular complexity index is 2050. The molecular formula is C41H29N3S. The van der Waals surface area contributed by atoms with E-state index in [9.17, 15) is 0 Å². The fraction of sp³-hybridized carbons (Fsp3) is 0.0488. The van der Waals surface area contributed by atoms with E-state index >= 15 is 0 Å². The van der Waals surface area contributed by atoms with Crippen molar-refractivity contribution in [1.29, 1.82) is 0 Å². The first kappa shape index (κ1) is 27.2. The Balaban J connectivity index is 1.10. The molecular weight excluding hydrogens is 567 g/mol. The van der Waals surface area contributed by atoms with E-state index in [0.717, 1.165) is 40.7 Å². The van der Waals surface area contributed by atoms with Gasteiger partial charge in [-0.3, -0.25) is 0 Å². The molecule has 1 aromatic heterocycles. The molecule has 0 saturated carbocycles. The monoisotopic (exact) mass is 595 g/mol. The molecule has 3 nitrogen and oxygen atoms in total. The van der Waals surface area contributed by atoms with Gasteiger partial charge in [0.15, 0.2) is 17.5 Å². The fourth-order valence-corrected chi connectivity index (χ4v) is 6.90. The van der Waals surface area contributed by atoms with Crippen LogP contribution in [0, 0.1) is 0 Å². The van der Waals surface area contributed by atoms with Crippen LogP contribution in [-0.2, 0) is 0 Å². The minimum Gasteiger partial charge on any atom is -0.208 e. The van der Waals surface area contributed by atoms with Crippen LogP contribution in [0.2, 0.25) is 0 Å². The maximum Gasteiger partial charge on any atom is 0.164 e. The topological polar surface area (TPSA) is 38.7 Å². The maximum absolute atomic E-state index is 4.92. The molecule has 0 bridgehead atoms. The van der Waals surface area contributed by atoms with Crippen LogP contribution in [0.1, 0.15) is 18.4 Å². The van der Waals surface area contributed by atoms with Gasteiger partial charge in [-0.05, 0) is 64.4 Å². The van der Waals surface area contributed by atoms with E-state index in [-0.39, 0.29) is 0 Å². The Labute approximate surface area is 267 Å². The summed E-state index contributed by atoms with van der Waals surface area (Å²) in [6.07, 6.45) is 11.4. The van der Waals surface area contributed by atoms with E-state index in [1.807, 2.05) is 72.4 Å². The Morgan fingerprint density at radius 2 is 1.00 bits per heavy atom. The Morgan fingerprint density at radius 1 is 0.444 bits per heavy atom. The van der Waals surface area contributed by atoms with Crippen LogP contribution in [0.4, 0.5) is 0 Å². The fourth-order valence-electron chi connectivity index (χ4n) is 5.82. The molecule has 0 fully saturated rings. The lowest BCUT2D eigenvalue weighted by Gasteiger charge is -2.12. The lowest BCUT2D eigenvalue weighted by Crippen LogP contribution is -2.00. The van der Waals surface area contributed by atoms with E-state index in [1.165, 1.54) is 32.1 Å². The molecule has 0 amide bonds. The van der Waals surface area contributed by atoms with Gasteiger partial charge < -0.3 is 0 Å². The number of rotatable bonds is 5. The largest absolute Gasteiger partial charge is 0.208 e. The second kappa shape index (κ2) is 12.0. The van der Waals surface area contributed by atoms with Gasteiger partial charge in [-0.25, -0.2) is 15.0 Å². The van der Waals surface area contributed by atoms with Crippen LogP contribution < -0.4 is 0 Å². The Kier molecular flexibility index (Phi) is 7.26. The molecule has 0 N–H and O–H groups in total. The van der Waals surface area contributed by atoms with Crippen molar-refractivity contribution in [2.24, 2.45) is 0 Å². The van der Waals surface area contributed by atoms with Gasteiger partial charge in [-0.15, -0.1) is 0 Å². The molecule has 1 aliphatic heterocycles. The third-order valence-electron chi connectivity index (χ3n) is 8.23. The number of aromatic nitrogens is 3. The molecule has 1 aliphatic carbocycles. The molecule has 6 aromatic rings. The van der Waals surface area contributed by atoms with Gasteiger partial charge >= 0.3 is 0 Å². The second-order valence-corrected chi connectivity index (χ2v) is 12.3. The van der Waals surface area contributed by atoms with Crippen LogP contribution >= 0.6 is 11.8 Å². The predicted molar refractivity (Wildman–Crippen MR) is 187 cm³/mol. The van der Waals surface area contributed by atoms with E-state index in [4.69, 9.17) is 15.0 Å². The van der Waals surface area contributed by atoms with Gasteiger partial charge in [0.1, 0.15) is 0 Å². The Hall–Kier alpha value is -5.32. The summed E-state index contributed by atoms with van der Waals surface area (Å²) in [6, 6.07) is 44.3. The normalized spacial score (nSPS) is 13.7. The highest BCUT2D eigenvalue weighted by Crippen LogP contribution is 2.41. The van der Waals surface area contributed by atoms with E-state index in [1.54, 1.807) is 0 Å². The molecule has 0 spiro atoms. The minimum absolute atomic E-state index is 0.656. The molecule has 0 atom stereocenters. The van der Waals surface area contributed by atoms with E-state index in [2.05, 4.69) is 91.0 Å². The molecule has 8 rings (SSSR count). The standard InChI is InChI=1S/C41H29N3S/c1-3-11-31(12-4-1)39-42-40(32-13-5-2-6-14-32)44-41(43-39)36-16-9-15-33(27-36)28-18-20-29(21-19-28)34-24-25-38-35(26-34)23-22-30-10-7-8-17-37(30)45-38/h1-6,8-9,11-27H,7,10H2. The zero-order valence-corrected chi connectivity index (χ0v) is 25.4. The van der Waals surface area contributed by atoms with E-state index in [0.29, 0.717) is 17.5 Å². The van der Waals surface area contributed by atoms with Crippen LogP contribution in [-0.4, -0.2) is 15.0 Å². The average Bonchev–Trinajstić information content (AvgIpc) is 3.31. The van der Waals surface area contributed by atoms with Gasteiger partial charge in [-0.1, -0.05) is 145 Å². The van der Waals surface area contributed by atoms with Crippen molar-refractivity contribution >= 4 is 17.8 Å². The molecule has 0 saturated heterocycles. The highest BCUT2D eigenvalue weighted by molar-refractivity contribution is 8.03. The van der Waals surface area contributed by atoms with Gasteiger partial charge in [0.2, 0.25) is 0 Å². The number of hydrogen-bond acceptors (Lipinski definition) is 4. The maximum atomic E-state index is 4.92. The summed E-state index contributed by atoms with van der Waals surface area (Å²) in [5.74, 6) is 1.98. The summed E-state index contributed by atoms with van der Waals surface area (Å²) in [5.41, 5.74) is 10.3. The molecule has 214 valence electrons. The van der Waals surface area contributed by atoms with Gasteiger partial charge in [0, 0.05) is 26.5 Å². The van der Waals surface area contributed by atoms with Crippen LogP contribution in [0.15, 0.2) is 161 Å². The number of hydrogen-bond donors (Lipinski definition) is 0. The van der Waals surface area contributed by atoms with Crippen molar-refractivity contribution < 1.29 is 0 Å². The first-order valence-corrected chi connectivity index (χ1v) is 16.1. The summed E-state index contributed by atoms with van der Waals surface area (Å²) in [5, 5.41) is 0. The zero-order valence-electron chi connectivity index (χ0n) is 24.6. The number of fused-ring (bicyclic) bond motifs is 1. The lowest BCUT2D eigenvalue weighted by atomic mass is 9.97. The van der Waals surface area contributed by atoms with Gasteiger partial charge in [0.05, 0.1) is 0 Å². The molecule has 45 heavy (non-hydrogen) atoms. The van der Waals surface area contributed by atoms with Crippen molar-refractivity contribution in [1.82, 2.24) is 15.0 Å². The number of nitrogens with zero attached hydrogens (tertiary/aromatic N) is 3. The average molecular weight is 596 g/mol. The molecule has 0 unspecified atom stereocenters. The van der Waals surface area contributed by atoms with Crippen LogP contribution in [0.3, 0.4) is 0 Å². The summed E-state index contributed by atoms with van der Waals surface area (Å²) in [7, 11) is 0. The van der Waals surface area contributed by atoms with Crippen molar-refractivity contribution in [2.75, 3.05) is 0 Å². The van der Waals surface area contributed by atoms with Crippen molar-refractivity contribution in [3.8, 4) is 56.4 Å². The number of thioether (sulfide) groups is 1. The highest BCUT2D eigenvalue weighted by Gasteiger charge is 2.15. The van der Waals surface area contributed by atoms with Crippen molar-refractivity contribution in [3.05, 3.63) is 162 Å². The van der Waals surface area contributed by atoms with E-state index < -0.39 is 0 Å². The zero-order chi connectivity index (χ0) is 30.0. The molecule has 2 aliphatic rings. The highest BCUT2D eigenvalue weighted by atomic mass is 32.2. The summed E-state index contributed by atoms with van der Waals surface area (Å²) >= 11 is 1.88. The summed E-state index contributed by atoms with van der Waals surface area (Å²) in [6.45, 7) is 0. The second-order valence-electron chi connectivity index (χ2n) is 11.2. The third-order valence-corrected chi connectivity index (χ3v) is 9.44. The summed E-state index contributed by atoms with van der Waals surface area (Å²) in [4.78, 5) is 17.4. The van der Waals surface area contributed by atoms with Crippen LogP contribution in [0.5, 0.6) is 0 Å². The SMILES string of the molecule is C1=CC2=C(C=Cc3cc(-c4ccc(-c5cccc(-c6nc(-c7ccccc7)nc(-c7ccccc7)n6)c5)cc4)ccc3S2)CC1. The smallest absolute Gasteiger partial charge is 0.164 e. The molecule has 4 heteroatoms. The molecule has 0 radical (unpaired) electrons. The lowest BCUT2D eigenvalue weighted by molar-refractivity contribution is 0.988. The predicted octanol–water partition coefficient (Wildman–Crippen LogP) is 10.9. The van der Waals surface area contributed by atoms with Crippen LogP contribution in [0.25, 0.3) is 62.5 Å². The minimum atomic E-state index is 0.656.